The van der Waals surface area contributed by atoms with Gasteiger partial charge in [-0.25, -0.2) is 4.57 Å². The Hall–Kier alpha value is -0.910. The molecule has 0 aliphatic heterocycles. The van der Waals surface area contributed by atoms with Crippen molar-refractivity contribution in [2.24, 2.45) is 0 Å². The van der Waals surface area contributed by atoms with E-state index in [4.69, 9.17) is 19.4 Å². The molecule has 144 valence electrons. The molecule has 0 saturated carbocycles. The number of benzene rings is 1. The predicted octanol–water partition coefficient (Wildman–Crippen LogP) is 5.35. The Morgan fingerprint density at radius 1 is 0.920 bits per heavy atom. The smallest absolute Gasteiger partial charge is 0.462 e. The molecule has 1 rings (SSSR count). The molecule has 0 radical (unpaired) electrons. The molecule has 2 N–H and O–H groups in total. The van der Waals surface area contributed by atoms with E-state index in [-0.39, 0.29) is 0 Å². The molecule has 0 spiro atoms. The third-order valence-electron chi connectivity index (χ3n) is 3.80. The van der Waals surface area contributed by atoms with Crippen molar-refractivity contribution >= 4 is 7.82 Å². The summed E-state index contributed by atoms with van der Waals surface area (Å²) in [5, 5.41) is 0. The van der Waals surface area contributed by atoms with Crippen LogP contribution in [0.3, 0.4) is 0 Å². The van der Waals surface area contributed by atoms with Gasteiger partial charge in [0.1, 0.15) is 5.75 Å². The summed E-state index contributed by atoms with van der Waals surface area (Å²) in [6.45, 7) is 2.21. The zero-order chi connectivity index (χ0) is 18.4. The average Bonchev–Trinajstić information content (AvgIpc) is 2.58. The Balaban J connectivity index is 2.24. The van der Waals surface area contributed by atoms with Crippen LogP contribution in [0.25, 0.3) is 0 Å². The van der Waals surface area contributed by atoms with E-state index in [2.05, 4.69) is 11.6 Å². The number of ether oxygens (including phenoxy) is 1. The van der Waals surface area contributed by atoms with Gasteiger partial charge >= 0.3 is 7.82 Å². The molecule has 0 aromatic heterocycles. The fraction of sp³-hybridized carbons (Fsp3) is 0.667. The van der Waals surface area contributed by atoms with Gasteiger partial charge in [-0.2, -0.15) is 4.89 Å². The van der Waals surface area contributed by atoms with Crippen LogP contribution >= 0.6 is 7.82 Å². The van der Waals surface area contributed by atoms with E-state index in [9.17, 15) is 4.57 Å². The van der Waals surface area contributed by atoms with Crippen LogP contribution in [0.15, 0.2) is 30.3 Å². The molecule has 1 atom stereocenters. The van der Waals surface area contributed by atoms with Crippen LogP contribution in [-0.4, -0.2) is 16.1 Å². The van der Waals surface area contributed by atoms with Gasteiger partial charge in [-0.05, 0) is 18.6 Å². The molecule has 0 aliphatic carbocycles. The van der Waals surface area contributed by atoms with Gasteiger partial charge in [0.25, 0.3) is 0 Å². The third-order valence-corrected chi connectivity index (χ3v) is 4.08. The minimum absolute atomic E-state index is 0.505. The monoisotopic (exact) mass is 374 g/mol. The second-order valence-corrected chi connectivity index (χ2v) is 7.27. The summed E-state index contributed by atoms with van der Waals surface area (Å²) in [7, 11) is -4.69. The zero-order valence-corrected chi connectivity index (χ0v) is 15.9. The second kappa shape index (κ2) is 13.3. The molecule has 7 heteroatoms. The number of para-hydroxylation sites is 1. The van der Waals surface area contributed by atoms with Gasteiger partial charge in [-0.1, -0.05) is 76.5 Å². The maximum Gasteiger partial charge on any atom is 0.497 e. The lowest BCUT2D eigenvalue weighted by atomic mass is 10.1. The molecule has 25 heavy (non-hydrogen) atoms. The molecule has 0 aliphatic rings. The maximum atomic E-state index is 10.8. The SMILES string of the molecule is CCCCCCCCCCCC(OOP(=O)(O)O)Oc1ccccc1. The molecule has 0 bridgehead atoms. The topological polar surface area (TPSA) is 85.2 Å². The molecule has 6 nitrogen and oxygen atoms in total. The first-order chi connectivity index (χ1) is 12.0. The molecule has 0 saturated heterocycles. The maximum absolute atomic E-state index is 10.8. The lowest BCUT2D eigenvalue weighted by molar-refractivity contribution is -0.307. The molecule has 0 fully saturated rings. The number of hydrogen-bond donors (Lipinski definition) is 2. The van der Waals surface area contributed by atoms with E-state index in [0.29, 0.717) is 12.2 Å². The highest BCUT2D eigenvalue weighted by Crippen LogP contribution is 2.37. The highest BCUT2D eigenvalue weighted by Gasteiger charge is 2.21. The number of phosphoric acid groups is 1. The normalized spacial score (nSPS) is 12.9. The van der Waals surface area contributed by atoms with E-state index >= 15 is 0 Å². The van der Waals surface area contributed by atoms with Crippen molar-refractivity contribution in [2.45, 2.75) is 77.4 Å². The van der Waals surface area contributed by atoms with Crippen molar-refractivity contribution < 1.29 is 28.7 Å². The van der Waals surface area contributed by atoms with E-state index < -0.39 is 14.1 Å². The van der Waals surface area contributed by atoms with E-state index in [1.54, 1.807) is 12.1 Å². The summed E-state index contributed by atoms with van der Waals surface area (Å²) in [4.78, 5) is 22.3. The highest BCUT2D eigenvalue weighted by atomic mass is 31.2. The average molecular weight is 374 g/mol. The summed E-state index contributed by atoms with van der Waals surface area (Å²) in [5.74, 6) is 0.567. The Morgan fingerprint density at radius 2 is 1.48 bits per heavy atom. The number of hydrogen-bond acceptors (Lipinski definition) is 4. The van der Waals surface area contributed by atoms with E-state index in [0.717, 1.165) is 19.3 Å². The van der Waals surface area contributed by atoms with Crippen LogP contribution in [0.1, 0.15) is 71.1 Å². The van der Waals surface area contributed by atoms with Crippen molar-refractivity contribution in [1.82, 2.24) is 0 Å². The highest BCUT2D eigenvalue weighted by molar-refractivity contribution is 7.46. The third kappa shape index (κ3) is 13.0. The number of rotatable bonds is 15. The minimum Gasteiger partial charge on any atom is -0.462 e. The Bertz CT molecular complexity index is 476. The van der Waals surface area contributed by atoms with Gasteiger partial charge in [0.15, 0.2) is 0 Å². The fourth-order valence-electron chi connectivity index (χ4n) is 2.50. The lowest BCUT2D eigenvalue weighted by Crippen LogP contribution is -2.20. The van der Waals surface area contributed by atoms with Gasteiger partial charge in [0, 0.05) is 6.42 Å². The Labute approximate surface area is 150 Å². The van der Waals surface area contributed by atoms with E-state index in [1.807, 2.05) is 18.2 Å². The van der Waals surface area contributed by atoms with E-state index in [1.165, 1.54) is 38.5 Å². The first-order valence-electron chi connectivity index (χ1n) is 9.13. The standard InChI is InChI=1S/C18H31O6P/c1-2-3-4-5-6-7-8-9-13-16-18(23-24-25(19,20)21)22-17-14-11-10-12-15-17/h10-12,14-15,18H,2-9,13,16H2,1H3,(H2,19,20,21). The van der Waals surface area contributed by atoms with Crippen molar-refractivity contribution in [1.29, 1.82) is 0 Å². The van der Waals surface area contributed by atoms with Crippen LogP contribution in [-0.2, 0) is 14.1 Å². The first kappa shape index (κ1) is 22.1. The van der Waals surface area contributed by atoms with Crippen LogP contribution < -0.4 is 4.74 Å². The number of unbranched alkanes of at least 4 members (excludes halogenated alkanes) is 8. The molecule has 1 aromatic rings. The molecular weight excluding hydrogens is 343 g/mol. The van der Waals surface area contributed by atoms with Crippen molar-refractivity contribution in [3.05, 3.63) is 30.3 Å². The van der Waals surface area contributed by atoms with Crippen molar-refractivity contribution in [3.8, 4) is 5.75 Å². The Kier molecular flexibility index (Phi) is 11.8. The van der Waals surface area contributed by atoms with Crippen molar-refractivity contribution in [3.63, 3.8) is 0 Å². The van der Waals surface area contributed by atoms with Crippen LogP contribution in [0, 0.1) is 0 Å². The van der Waals surface area contributed by atoms with Gasteiger partial charge < -0.3 is 14.5 Å². The van der Waals surface area contributed by atoms with Crippen LogP contribution in [0.2, 0.25) is 0 Å². The first-order valence-corrected chi connectivity index (χ1v) is 10.7. The van der Waals surface area contributed by atoms with Gasteiger partial charge in [-0.15, -0.1) is 4.67 Å². The molecular formula is C18H31O6P. The summed E-state index contributed by atoms with van der Waals surface area (Å²) in [6, 6.07) is 8.99. The molecule has 1 unspecified atom stereocenters. The second-order valence-electron chi connectivity index (χ2n) is 6.14. The van der Waals surface area contributed by atoms with Gasteiger partial charge in [0.05, 0.1) is 0 Å². The quantitative estimate of drug-likeness (QED) is 0.141. The predicted molar refractivity (Wildman–Crippen MR) is 96.9 cm³/mol. The molecule has 0 amide bonds. The van der Waals surface area contributed by atoms with Gasteiger partial charge in [-0.3, -0.25) is 0 Å². The summed E-state index contributed by atoms with van der Waals surface area (Å²) < 4.78 is 20.5. The van der Waals surface area contributed by atoms with Crippen LogP contribution in [0.4, 0.5) is 0 Å². The summed E-state index contributed by atoms with van der Waals surface area (Å²) in [5.41, 5.74) is 0. The summed E-state index contributed by atoms with van der Waals surface area (Å²) in [6.07, 6.45) is 10.3. The largest absolute Gasteiger partial charge is 0.497 e. The van der Waals surface area contributed by atoms with Crippen LogP contribution in [0.5, 0.6) is 5.75 Å². The minimum atomic E-state index is -4.69. The Morgan fingerprint density at radius 3 is 2.04 bits per heavy atom. The zero-order valence-electron chi connectivity index (χ0n) is 15.0. The van der Waals surface area contributed by atoms with Gasteiger partial charge in [0.2, 0.25) is 6.29 Å². The summed E-state index contributed by atoms with van der Waals surface area (Å²) >= 11 is 0. The molecule has 1 aromatic carbocycles. The fourth-order valence-corrected chi connectivity index (χ4v) is 2.71. The van der Waals surface area contributed by atoms with Crippen molar-refractivity contribution in [2.75, 3.05) is 0 Å². The lowest BCUT2D eigenvalue weighted by Gasteiger charge is -2.18. The molecule has 0 heterocycles.